The number of benzene rings is 2. The normalized spacial score (nSPS) is 17.7. The van der Waals surface area contributed by atoms with E-state index < -0.39 is 29.6 Å². The molecule has 170 valence electrons. The smallest absolute Gasteiger partial charge is 0.319 e. The fourth-order valence-corrected chi connectivity index (χ4v) is 4.81. The van der Waals surface area contributed by atoms with E-state index in [1.54, 1.807) is 24.3 Å². The van der Waals surface area contributed by atoms with Crippen LogP contribution in [0, 0.1) is 17.2 Å². The van der Waals surface area contributed by atoms with Crippen molar-refractivity contribution < 1.29 is 19.1 Å². The number of nitrogens with one attached hydrogen (secondary N) is 2. The zero-order valence-corrected chi connectivity index (χ0v) is 20.1. The number of nitriles is 1. The van der Waals surface area contributed by atoms with Crippen molar-refractivity contribution in [2.24, 2.45) is 5.92 Å². The van der Waals surface area contributed by atoms with Crippen molar-refractivity contribution >= 4 is 70.0 Å². The predicted octanol–water partition coefficient (Wildman–Crippen LogP) is 4.76. The van der Waals surface area contributed by atoms with Gasteiger partial charge in [0, 0.05) is 26.7 Å². The number of esters is 1. The van der Waals surface area contributed by atoms with E-state index >= 15 is 0 Å². The second kappa shape index (κ2) is 10.9. The van der Waals surface area contributed by atoms with Crippen molar-refractivity contribution in [2.75, 3.05) is 18.2 Å². The van der Waals surface area contributed by atoms with Crippen LogP contribution in [0.2, 0.25) is 15.1 Å². The number of rotatable bonds is 6. The summed E-state index contributed by atoms with van der Waals surface area (Å²) >= 11 is 18.8. The monoisotopic (exact) mass is 523 g/mol. The molecule has 0 unspecified atom stereocenters. The SMILES string of the molecule is COC(=O)[C@H]1C(=O)NC(SCC(=O)Nc2cc(Cl)cc(Cl)c2)=C(C#N)[C@@H]1c1ccc(Cl)cc1. The molecule has 0 fully saturated rings. The van der Waals surface area contributed by atoms with Gasteiger partial charge in [-0.2, -0.15) is 5.26 Å². The number of amides is 2. The maximum atomic E-state index is 12.8. The minimum absolute atomic E-state index is 0.124. The highest BCUT2D eigenvalue weighted by atomic mass is 35.5. The number of hydrogen-bond acceptors (Lipinski definition) is 6. The Morgan fingerprint density at radius 1 is 1.12 bits per heavy atom. The molecule has 11 heteroatoms. The first-order valence-electron chi connectivity index (χ1n) is 9.40. The first kappa shape index (κ1) is 24.9. The van der Waals surface area contributed by atoms with Crippen LogP contribution in [0.5, 0.6) is 0 Å². The lowest BCUT2D eigenvalue weighted by molar-refractivity contribution is -0.150. The Bertz CT molecular complexity index is 1160. The Morgan fingerprint density at radius 3 is 2.33 bits per heavy atom. The van der Waals surface area contributed by atoms with Gasteiger partial charge in [-0.15, -0.1) is 0 Å². The van der Waals surface area contributed by atoms with E-state index in [1.807, 2.05) is 0 Å². The molecule has 0 aromatic heterocycles. The summed E-state index contributed by atoms with van der Waals surface area (Å²) in [5.74, 6) is -4.11. The first-order chi connectivity index (χ1) is 15.7. The molecule has 0 spiro atoms. The van der Waals surface area contributed by atoms with E-state index in [0.29, 0.717) is 26.3 Å². The third kappa shape index (κ3) is 6.01. The van der Waals surface area contributed by atoms with Crippen molar-refractivity contribution in [3.63, 3.8) is 0 Å². The summed E-state index contributed by atoms with van der Waals surface area (Å²) < 4.78 is 4.80. The zero-order valence-electron chi connectivity index (χ0n) is 17.0. The van der Waals surface area contributed by atoms with E-state index in [1.165, 1.54) is 25.3 Å². The van der Waals surface area contributed by atoms with Crippen LogP contribution in [0.1, 0.15) is 11.5 Å². The van der Waals surface area contributed by atoms with Gasteiger partial charge in [-0.05, 0) is 35.9 Å². The molecular formula is C22H16Cl3N3O4S. The topological polar surface area (TPSA) is 108 Å². The number of allylic oxidation sites excluding steroid dienone is 1. The summed E-state index contributed by atoms with van der Waals surface area (Å²) in [6, 6.07) is 13.2. The van der Waals surface area contributed by atoms with Crippen molar-refractivity contribution in [3.05, 3.63) is 73.7 Å². The quantitative estimate of drug-likeness (QED) is 0.417. The number of methoxy groups -OCH3 is 1. The molecule has 3 rings (SSSR count). The highest BCUT2D eigenvalue weighted by Crippen LogP contribution is 2.40. The third-order valence-corrected chi connectivity index (χ3v) is 6.41. The molecule has 1 aliphatic heterocycles. The maximum absolute atomic E-state index is 12.8. The average molecular weight is 525 g/mol. The van der Waals surface area contributed by atoms with Gasteiger partial charge in [0.05, 0.1) is 29.5 Å². The number of ether oxygens (including phenoxy) is 1. The molecule has 2 atom stereocenters. The molecule has 0 aliphatic carbocycles. The minimum Gasteiger partial charge on any atom is -0.468 e. The van der Waals surface area contributed by atoms with E-state index in [4.69, 9.17) is 39.5 Å². The highest BCUT2D eigenvalue weighted by molar-refractivity contribution is 8.03. The van der Waals surface area contributed by atoms with Gasteiger partial charge in [0.15, 0.2) is 0 Å². The van der Waals surface area contributed by atoms with Crippen molar-refractivity contribution in [2.45, 2.75) is 5.92 Å². The standard InChI is InChI=1S/C22H16Cl3N3O4S/c1-32-22(31)19-18(11-2-4-12(23)5-3-11)16(9-26)21(28-20(19)30)33-10-17(29)27-15-7-13(24)6-14(25)8-15/h2-8,18-19H,10H2,1H3,(H,27,29)(H,28,30)/t18-,19+/m0/s1. The number of nitrogens with zero attached hydrogens (tertiary/aromatic N) is 1. The lowest BCUT2D eigenvalue weighted by atomic mass is 9.78. The molecule has 2 aromatic carbocycles. The largest absolute Gasteiger partial charge is 0.468 e. The molecule has 2 N–H and O–H groups in total. The van der Waals surface area contributed by atoms with Gasteiger partial charge in [-0.25, -0.2) is 0 Å². The van der Waals surface area contributed by atoms with Crippen LogP contribution < -0.4 is 10.6 Å². The Kier molecular flexibility index (Phi) is 8.27. The molecule has 0 saturated heterocycles. The van der Waals surface area contributed by atoms with Gasteiger partial charge in [-0.3, -0.25) is 14.4 Å². The van der Waals surface area contributed by atoms with Crippen molar-refractivity contribution in [1.82, 2.24) is 5.32 Å². The molecule has 33 heavy (non-hydrogen) atoms. The molecule has 1 aliphatic rings. The summed E-state index contributed by atoms with van der Waals surface area (Å²) in [4.78, 5) is 37.6. The maximum Gasteiger partial charge on any atom is 0.319 e. The first-order valence-corrected chi connectivity index (χ1v) is 11.5. The van der Waals surface area contributed by atoms with Crippen LogP contribution >= 0.6 is 46.6 Å². The Balaban J connectivity index is 1.88. The van der Waals surface area contributed by atoms with E-state index in [0.717, 1.165) is 11.8 Å². The fourth-order valence-electron chi connectivity index (χ4n) is 3.31. The van der Waals surface area contributed by atoms with E-state index in [9.17, 15) is 19.6 Å². The minimum atomic E-state index is -1.27. The summed E-state index contributed by atoms with van der Waals surface area (Å²) in [6.07, 6.45) is 0. The van der Waals surface area contributed by atoms with Crippen LogP contribution in [-0.4, -0.2) is 30.6 Å². The predicted molar refractivity (Wildman–Crippen MR) is 128 cm³/mol. The number of anilines is 1. The molecule has 0 bridgehead atoms. The fraction of sp³-hybridized carbons (Fsp3) is 0.182. The van der Waals surface area contributed by atoms with Gasteiger partial charge in [-0.1, -0.05) is 58.7 Å². The second-order valence-electron chi connectivity index (χ2n) is 6.87. The molecule has 2 amide bonds. The molecule has 7 nitrogen and oxygen atoms in total. The van der Waals surface area contributed by atoms with Crippen LogP contribution in [-0.2, 0) is 19.1 Å². The van der Waals surface area contributed by atoms with Gasteiger partial charge in [0.1, 0.15) is 5.92 Å². The molecule has 0 saturated carbocycles. The van der Waals surface area contributed by atoms with Crippen LogP contribution in [0.4, 0.5) is 5.69 Å². The van der Waals surface area contributed by atoms with E-state index in [-0.39, 0.29) is 16.4 Å². The Labute approximate surface area is 209 Å². The van der Waals surface area contributed by atoms with Gasteiger partial charge in [0.25, 0.3) is 0 Å². The van der Waals surface area contributed by atoms with E-state index in [2.05, 4.69) is 16.7 Å². The summed E-state index contributed by atoms with van der Waals surface area (Å²) in [5, 5.41) is 16.5. The third-order valence-electron chi connectivity index (χ3n) is 4.71. The van der Waals surface area contributed by atoms with Gasteiger partial charge < -0.3 is 15.4 Å². The van der Waals surface area contributed by atoms with Gasteiger partial charge >= 0.3 is 5.97 Å². The Morgan fingerprint density at radius 2 is 1.76 bits per heavy atom. The molecule has 1 heterocycles. The number of carbonyl (C=O) groups is 3. The summed E-state index contributed by atoms with van der Waals surface area (Å²) in [7, 11) is 1.17. The lowest BCUT2D eigenvalue weighted by Gasteiger charge is -2.30. The number of carbonyl (C=O) groups excluding carboxylic acids is 3. The van der Waals surface area contributed by atoms with Crippen LogP contribution in [0.25, 0.3) is 0 Å². The number of halogens is 3. The molecular weight excluding hydrogens is 509 g/mol. The molecule has 2 aromatic rings. The number of thioether (sulfide) groups is 1. The zero-order chi connectivity index (χ0) is 24.1. The summed E-state index contributed by atoms with van der Waals surface area (Å²) in [6.45, 7) is 0. The second-order valence-corrected chi connectivity index (χ2v) is 9.16. The average Bonchev–Trinajstić information content (AvgIpc) is 2.76. The van der Waals surface area contributed by atoms with Crippen LogP contribution in [0.3, 0.4) is 0 Å². The number of hydrogen-bond donors (Lipinski definition) is 2. The Hall–Kier alpha value is -2.70. The van der Waals surface area contributed by atoms with Crippen molar-refractivity contribution in [3.8, 4) is 6.07 Å². The molecule has 0 radical (unpaired) electrons. The summed E-state index contributed by atoms with van der Waals surface area (Å²) in [5.41, 5.74) is 1.08. The van der Waals surface area contributed by atoms with Gasteiger partial charge in [0.2, 0.25) is 11.8 Å². The van der Waals surface area contributed by atoms with Crippen molar-refractivity contribution in [1.29, 1.82) is 5.26 Å². The highest BCUT2D eigenvalue weighted by Gasteiger charge is 2.44. The van der Waals surface area contributed by atoms with Crippen LogP contribution in [0.15, 0.2) is 53.1 Å². The lowest BCUT2D eigenvalue weighted by Crippen LogP contribution is -2.44.